The van der Waals surface area contributed by atoms with Gasteiger partial charge < -0.3 is 4.74 Å². The van der Waals surface area contributed by atoms with E-state index in [-0.39, 0.29) is 10.8 Å². The third kappa shape index (κ3) is 1.84. The van der Waals surface area contributed by atoms with E-state index in [1.165, 1.54) is 0 Å². The van der Waals surface area contributed by atoms with E-state index in [9.17, 15) is 0 Å². The molecule has 21 heavy (non-hydrogen) atoms. The number of rotatable bonds is 2. The lowest BCUT2D eigenvalue weighted by molar-refractivity contribution is -0.601. The van der Waals surface area contributed by atoms with Gasteiger partial charge in [0, 0.05) is 10.8 Å². The van der Waals surface area contributed by atoms with Crippen molar-refractivity contribution in [1.82, 2.24) is 0 Å². The Morgan fingerprint density at radius 3 is 2.24 bits per heavy atom. The fourth-order valence-electron chi connectivity index (χ4n) is 3.93. The van der Waals surface area contributed by atoms with Crippen LogP contribution in [-0.2, 0) is 14.5 Å². The second kappa shape index (κ2) is 4.42. The summed E-state index contributed by atoms with van der Waals surface area (Å²) in [6.45, 7) is 11.5. The molecule has 0 radical (unpaired) electrons. The Kier molecular flexibility index (Phi) is 3.11. The highest BCUT2D eigenvalue weighted by molar-refractivity contribution is 5.51. The highest BCUT2D eigenvalue weighted by Gasteiger charge is 2.79. The summed E-state index contributed by atoms with van der Waals surface area (Å²) in [4.78, 5) is 11.3. The first-order valence-corrected chi connectivity index (χ1v) is 7.49. The summed E-state index contributed by atoms with van der Waals surface area (Å²) in [5.74, 6) is -0.801. The van der Waals surface area contributed by atoms with Gasteiger partial charge in [0.05, 0.1) is 6.61 Å². The minimum atomic E-state index is -0.801. The molecule has 3 heteroatoms. The van der Waals surface area contributed by atoms with Crippen LogP contribution in [0.4, 0.5) is 0 Å². The summed E-state index contributed by atoms with van der Waals surface area (Å²) < 4.78 is 6.07. The second-order valence-corrected chi connectivity index (χ2v) is 7.68. The maximum atomic E-state index is 6.07. The smallest absolute Gasteiger partial charge is 0.254 e. The van der Waals surface area contributed by atoms with Crippen molar-refractivity contribution in [2.45, 2.75) is 46.0 Å². The maximum Gasteiger partial charge on any atom is 0.254 e. The van der Waals surface area contributed by atoms with Crippen LogP contribution in [0.1, 0.15) is 40.2 Å². The highest BCUT2D eigenvalue weighted by atomic mass is 17.3. The van der Waals surface area contributed by atoms with Crippen molar-refractivity contribution in [2.75, 3.05) is 6.61 Å². The normalized spacial score (nSPS) is 34.7. The van der Waals surface area contributed by atoms with E-state index in [4.69, 9.17) is 14.5 Å². The van der Waals surface area contributed by atoms with Crippen molar-refractivity contribution in [2.24, 2.45) is 10.8 Å². The van der Waals surface area contributed by atoms with Crippen LogP contribution in [0.3, 0.4) is 0 Å². The van der Waals surface area contributed by atoms with E-state index in [0.717, 1.165) is 5.56 Å². The van der Waals surface area contributed by atoms with Gasteiger partial charge in [-0.2, -0.15) is 4.89 Å². The fourth-order valence-corrected chi connectivity index (χ4v) is 3.93. The predicted molar refractivity (Wildman–Crippen MR) is 82.3 cm³/mol. The van der Waals surface area contributed by atoms with Crippen molar-refractivity contribution in [3.8, 4) is 0 Å². The average Bonchev–Trinajstić information content (AvgIpc) is 2.52. The van der Waals surface area contributed by atoms with Crippen LogP contribution in [0, 0.1) is 10.8 Å². The Hall–Kier alpha value is -1.16. The number of benzene rings is 1. The first-order valence-electron chi connectivity index (χ1n) is 7.49. The van der Waals surface area contributed by atoms with Crippen LogP contribution in [0.25, 0.3) is 6.08 Å². The Balaban J connectivity index is 2.00. The molecule has 2 heterocycles. The molecule has 1 aromatic carbocycles. The third-order valence-electron chi connectivity index (χ3n) is 4.73. The molecule has 3 nitrogen and oxygen atoms in total. The largest absolute Gasteiger partial charge is 0.341 e. The number of hydrogen-bond donors (Lipinski definition) is 0. The summed E-state index contributed by atoms with van der Waals surface area (Å²) in [5.41, 5.74) is 0.410. The molecule has 0 N–H and O–H groups in total. The van der Waals surface area contributed by atoms with Gasteiger partial charge in [-0.05, 0) is 11.6 Å². The second-order valence-electron chi connectivity index (χ2n) is 7.68. The SMILES string of the molecule is CC(C)(C)C12OOC1(/C=C/c1ccccc1)OCC2(C)C. The Bertz CT molecular complexity index is 556. The lowest BCUT2D eigenvalue weighted by Crippen LogP contribution is -2.74. The van der Waals surface area contributed by atoms with Gasteiger partial charge in [0.1, 0.15) is 0 Å². The zero-order chi connectivity index (χ0) is 15.4. The van der Waals surface area contributed by atoms with Crippen molar-refractivity contribution in [3.05, 3.63) is 42.0 Å². The monoisotopic (exact) mass is 288 g/mol. The molecule has 1 aromatic rings. The molecule has 0 aliphatic carbocycles. The van der Waals surface area contributed by atoms with Crippen LogP contribution in [0.2, 0.25) is 0 Å². The molecule has 2 saturated heterocycles. The minimum Gasteiger partial charge on any atom is -0.341 e. The molecule has 0 aromatic heterocycles. The number of ether oxygens (including phenoxy) is 1. The summed E-state index contributed by atoms with van der Waals surface area (Å²) in [7, 11) is 0. The molecular formula is C18H24O3. The molecule has 2 aliphatic heterocycles. The Morgan fingerprint density at radius 1 is 1.05 bits per heavy atom. The standard InChI is InChI=1S/C18H24O3/c1-15(2,3)18-16(4,5)13-19-17(18,20-21-18)12-11-14-9-7-6-8-10-14/h6-12H,13H2,1-5H3/b12-11+. The Labute approximate surface area is 126 Å². The first-order chi connectivity index (χ1) is 9.74. The van der Waals surface area contributed by atoms with Crippen molar-refractivity contribution in [1.29, 1.82) is 0 Å². The molecule has 3 rings (SSSR count). The lowest BCUT2D eigenvalue weighted by Gasteiger charge is -2.60. The molecule has 2 atom stereocenters. The molecule has 2 aliphatic rings. The molecular weight excluding hydrogens is 264 g/mol. The van der Waals surface area contributed by atoms with E-state index in [0.29, 0.717) is 6.61 Å². The van der Waals surface area contributed by atoms with Crippen molar-refractivity contribution < 1.29 is 14.5 Å². The van der Waals surface area contributed by atoms with Crippen LogP contribution in [-0.4, -0.2) is 18.0 Å². The quantitative estimate of drug-likeness (QED) is 0.763. The molecule has 0 bridgehead atoms. The van der Waals surface area contributed by atoms with E-state index in [1.807, 2.05) is 30.4 Å². The summed E-state index contributed by atoms with van der Waals surface area (Å²) >= 11 is 0. The molecule has 2 fully saturated rings. The van der Waals surface area contributed by atoms with Crippen LogP contribution in [0.5, 0.6) is 0 Å². The summed E-state index contributed by atoms with van der Waals surface area (Å²) in [6, 6.07) is 10.2. The number of hydrogen-bond acceptors (Lipinski definition) is 3. The fraction of sp³-hybridized carbons (Fsp3) is 0.556. The van der Waals surface area contributed by atoms with Gasteiger partial charge in [-0.15, -0.1) is 0 Å². The van der Waals surface area contributed by atoms with Crippen LogP contribution < -0.4 is 0 Å². The predicted octanol–water partition coefficient (Wildman–Crippen LogP) is 4.20. The molecule has 2 unspecified atom stereocenters. The van der Waals surface area contributed by atoms with Gasteiger partial charge in [0.15, 0.2) is 5.60 Å². The van der Waals surface area contributed by atoms with E-state index >= 15 is 0 Å². The van der Waals surface area contributed by atoms with E-state index in [1.54, 1.807) is 0 Å². The molecule has 114 valence electrons. The van der Waals surface area contributed by atoms with Gasteiger partial charge >= 0.3 is 0 Å². The van der Waals surface area contributed by atoms with Gasteiger partial charge in [-0.1, -0.05) is 71.0 Å². The van der Waals surface area contributed by atoms with Crippen molar-refractivity contribution >= 4 is 6.08 Å². The molecule has 0 saturated carbocycles. The first kappa shape index (κ1) is 14.8. The zero-order valence-corrected chi connectivity index (χ0v) is 13.5. The topological polar surface area (TPSA) is 27.7 Å². The number of fused-ring (bicyclic) bond motifs is 1. The van der Waals surface area contributed by atoms with E-state index < -0.39 is 11.4 Å². The lowest BCUT2D eigenvalue weighted by atomic mass is 9.58. The van der Waals surface area contributed by atoms with Crippen LogP contribution >= 0.6 is 0 Å². The minimum absolute atomic E-state index is 0.105. The van der Waals surface area contributed by atoms with Gasteiger partial charge in [0.2, 0.25) is 0 Å². The average molecular weight is 288 g/mol. The van der Waals surface area contributed by atoms with Crippen LogP contribution in [0.15, 0.2) is 36.4 Å². The summed E-state index contributed by atoms with van der Waals surface area (Å²) in [6.07, 6.45) is 4.05. The zero-order valence-electron chi connectivity index (χ0n) is 13.5. The molecule has 0 spiro atoms. The maximum absolute atomic E-state index is 6.07. The van der Waals surface area contributed by atoms with Crippen molar-refractivity contribution in [3.63, 3.8) is 0 Å². The Morgan fingerprint density at radius 2 is 1.71 bits per heavy atom. The van der Waals surface area contributed by atoms with Gasteiger partial charge in [-0.25, -0.2) is 4.89 Å². The third-order valence-corrected chi connectivity index (χ3v) is 4.73. The van der Waals surface area contributed by atoms with Gasteiger partial charge in [0.25, 0.3) is 5.79 Å². The molecule has 0 amide bonds. The summed E-state index contributed by atoms with van der Waals surface area (Å²) in [5, 5.41) is 0. The van der Waals surface area contributed by atoms with Gasteiger partial charge in [-0.3, -0.25) is 0 Å². The van der Waals surface area contributed by atoms with E-state index in [2.05, 4.69) is 46.8 Å². The highest BCUT2D eigenvalue weighted by Crippen LogP contribution is 2.65.